The highest BCUT2D eigenvalue weighted by Gasteiger charge is 2.18. The lowest BCUT2D eigenvalue weighted by molar-refractivity contribution is 0.102. The summed E-state index contributed by atoms with van der Waals surface area (Å²) in [5.41, 5.74) is 3.50. The molecule has 0 saturated carbocycles. The first-order valence-electron chi connectivity index (χ1n) is 11.0. The lowest BCUT2D eigenvalue weighted by Gasteiger charge is -2.24. The maximum absolute atomic E-state index is 13.4. The van der Waals surface area contributed by atoms with Crippen molar-refractivity contribution in [2.75, 3.05) is 35.7 Å². The minimum absolute atomic E-state index is 0.270. The van der Waals surface area contributed by atoms with Crippen LogP contribution in [0, 0.1) is 5.82 Å². The van der Waals surface area contributed by atoms with Gasteiger partial charge in [0.05, 0.1) is 0 Å². The van der Waals surface area contributed by atoms with E-state index in [0.29, 0.717) is 23.5 Å². The first-order chi connectivity index (χ1) is 16.0. The van der Waals surface area contributed by atoms with Gasteiger partial charge < -0.3 is 20.4 Å². The molecule has 4 rings (SSSR count). The van der Waals surface area contributed by atoms with Gasteiger partial charge in [0.2, 0.25) is 0 Å². The Morgan fingerprint density at radius 3 is 2.36 bits per heavy atom. The monoisotopic (exact) mass is 446 g/mol. The molecule has 0 aliphatic carbocycles. The lowest BCUT2D eigenvalue weighted by atomic mass is 10.1. The van der Waals surface area contributed by atoms with Crippen molar-refractivity contribution < 1.29 is 14.0 Å². The molecule has 1 aliphatic rings. The third-order valence-corrected chi connectivity index (χ3v) is 5.65. The molecule has 0 radical (unpaired) electrons. The minimum Gasteiger partial charge on any atom is -0.371 e. The third kappa shape index (κ3) is 5.68. The number of anilines is 3. The zero-order valence-electron chi connectivity index (χ0n) is 18.6. The fourth-order valence-corrected chi connectivity index (χ4v) is 3.96. The molecule has 1 fully saturated rings. The molecule has 3 amide bonds. The molecule has 0 spiro atoms. The van der Waals surface area contributed by atoms with Crippen molar-refractivity contribution in [3.05, 3.63) is 89.7 Å². The number of nitrogens with one attached hydrogen (secondary N) is 2. The van der Waals surface area contributed by atoms with Gasteiger partial charge in [0.15, 0.2) is 0 Å². The number of hydrogen-bond donors (Lipinski definition) is 2. The highest BCUT2D eigenvalue weighted by Crippen LogP contribution is 2.25. The molecule has 1 heterocycles. The van der Waals surface area contributed by atoms with E-state index in [1.165, 1.54) is 36.7 Å². The molecule has 3 aromatic rings. The van der Waals surface area contributed by atoms with Crippen LogP contribution in [0.4, 0.5) is 26.2 Å². The first kappa shape index (κ1) is 22.3. The highest BCUT2D eigenvalue weighted by molar-refractivity contribution is 6.05. The van der Waals surface area contributed by atoms with Crippen LogP contribution in [0.3, 0.4) is 0 Å². The number of carbonyl (C=O) groups excluding carboxylic acids is 2. The molecule has 7 heteroatoms. The zero-order chi connectivity index (χ0) is 23.2. The van der Waals surface area contributed by atoms with Gasteiger partial charge in [-0.1, -0.05) is 30.3 Å². The Bertz CT molecular complexity index is 1140. The average Bonchev–Trinajstić information content (AvgIpc) is 3.34. The van der Waals surface area contributed by atoms with Crippen LogP contribution in [-0.4, -0.2) is 37.0 Å². The van der Waals surface area contributed by atoms with E-state index >= 15 is 0 Å². The van der Waals surface area contributed by atoms with Gasteiger partial charge in [0, 0.05) is 49.3 Å². The van der Waals surface area contributed by atoms with Gasteiger partial charge in [-0.05, 0) is 60.9 Å². The van der Waals surface area contributed by atoms with E-state index in [0.717, 1.165) is 18.7 Å². The highest BCUT2D eigenvalue weighted by atomic mass is 19.1. The van der Waals surface area contributed by atoms with Gasteiger partial charge in [0.25, 0.3) is 5.91 Å². The molecule has 0 atom stereocenters. The molecule has 2 N–H and O–H groups in total. The van der Waals surface area contributed by atoms with Gasteiger partial charge >= 0.3 is 6.03 Å². The van der Waals surface area contributed by atoms with Crippen LogP contribution >= 0.6 is 0 Å². The Labute approximate surface area is 193 Å². The largest absolute Gasteiger partial charge is 0.371 e. The number of para-hydroxylation sites is 1. The Kier molecular flexibility index (Phi) is 6.88. The fraction of sp³-hybridized carbons (Fsp3) is 0.231. The van der Waals surface area contributed by atoms with Gasteiger partial charge in [-0.15, -0.1) is 0 Å². The molecule has 0 unspecified atom stereocenters. The maximum Gasteiger partial charge on any atom is 0.321 e. The van der Waals surface area contributed by atoms with Crippen molar-refractivity contribution >= 4 is 29.0 Å². The summed E-state index contributed by atoms with van der Waals surface area (Å²) in [4.78, 5) is 29.3. The van der Waals surface area contributed by atoms with Crippen molar-refractivity contribution in [3.8, 4) is 0 Å². The number of carbonyl (C=O) groups is 2. The van der Waals surface area contributed by atoms with Crippen LogP contribution in [0.5, 0.6) is 0 Å². The molecular formula is C26H27FN4O2. The van der Waals surface area contributed by atoms with Gasteiger partial charge in [0.1, 0.15) is 5.82 Å². The van der Waals surface area contributed by atoms with E-state index in [-0.39, 0.29) is 11.9 Å². The summed E-state index contributed by atoms with van der Waals surface area (Å²) in [6.07, 6.45) is 2.38. The number of nitrogens with zero attached hydrogens (tertiary/aromatic N) is 2. The van der Waals surface area contributed by atoms with Crippen molar-refractivity contribution in [2.24, 2.45) is 0 Å². The summed E-state index contributed by atoms with van der Waals surface area (Å²) in [5.74, 6) is -0.812. The van der Waals surface area contributed by atoms with E-state index in [1.54, 1.807) is 42.3 Å². The smallest absolute Gasteiger partial charge is 0.321 e. The van der Waals surface area contributed by atoms with Crippen molar-refractivity contribution in [1.82, 2.24) is 4.90 Å². The van der Waals surface area contributed by atoms with Crippen LogP contribution in [0.25, 0.3) is 0 Å². The summed E-state index contributed by atoms with van der Waals surface area (Å²) in [6.45, 7) is 2.55. The maximum atomic E-state index is 13.4. The molecule has 0 bridgehead atoms. The van der Waals surface area contributed by atoms with Crippen LogP contribution in [-0.2, 0) is 6.54 Å². The average molecular weight is 447 g/mol. The topological polar surface area (TPSA) is 64.7 Å². The second-order valence-electron chi connectivity index (χ2n) is 8.15. The first-order valence-corrected chi connectivity index (χ1v) is 11.0. The zero-order valence-corrected chi connectivity index (χ0v) is 18.6. The van der Waals surface area contributed by atoms with Gasteiger partial charge in [-0.2, -0.15) is 0 Å². The normalized spacial score (nSPS) is 13.0. The number of rotatable bonds is 6. The number of urea groups is 1. The van der Waals surface area contributed by atoms with Crippen molar-refractivity contribution in [3.63, 3.8) is 0 Å². The predicted octanol–water partition coefficient (Wildman–Crippen LogP) is 5.34. The molecule has 0 aromatic heterocycles. The third-order valence-electron chi connectivity index (χ3n) is 5.65. The minimum atomic E-state index is -0.428. The second-order valence-corrected chi connectivity index (χ2v) is 8.15. The lowest BCUT2D eigenvalue weighted by Crippen LogP contribution is -2.31. The number of halogens is 1. The van der Waals surface area contributed by atoms with E-state index in [2.05, 4.69) is 27.7 Å². The molecule has 1 saturated heterocycles. The van der Waals surface area contributed by atoms with E-state index in [1.807, 2.05) is 12.1 Å². The van der Waals surface area contributed by atoms with Crippen LogP contribution in [0.1, 0.15) is 28.8 Å². The van der Waals surface area contributed by atoms with Crippen LogP contribution in [0.15, 0.2) is 72.8 Å². The predicted molar refractivity (Wildman–Crippen MR) is 129 cm³/mol. The summed E-state index contributed by atoms with van der Waals surface area (Å²) in [7, 11) is 1.75. The Balaban J connectivity index is 1.40. The molecule has 6 nitrogen and oxygen atoms in total. The summed E-state index contributed by atoms with van der Waals surface area (Å²) in [6, 6.07) is 20.3. The van der Waals surface area contributed by atoms with Crippen LogP contribution in [0.2, 0.25) is 0 Å². The summed E-state index contributed by atoms with van der Waals surface area (Å²) >= 11 is 0. The number of hydrogen-bond acceptors (Lipinski definition) is 3. The van der Waals surface area contributed by atoms with Gasteiger partial charge in [-0.3, -0.25) is 4.79 Å². The molecule has 33 heavy (non-hydrogen) atoms. The number of benzene rings is 3. The SMILES string of the molecule is CN(Cc1ccccc1N1CCCC1)C(=O)Nc1cccc(C(=O)Nc2cccc(F)c2)c1. The van der Waals surface area contributed by atoms with E-state index in [9.17, 15) is 14.0 Å². The van der Waals surface area contributed by atoms with Gasteiger partial charge in [-0.25, -0.2) is 9.18 Å². The molecule has 170 valence electrons. The fourth-order valence-electron chi connectivity index (χ4n) is 3.96. The Morgan fingerprint density at radius 2 is 1.61 bits per heavy atom. The molecule has 3 aromatic carbocycles. The molecule has 1 aliphatic heterocycles. The standard InChI is InChI=1S/C26H27FN4O2/c1-30(18-20-8-2-3-13-24(20)31-14-4-5-15-31)26(33)29-22-11-6-9-19(16-22)25(32)28-23-12-7-10-21(27)17-23/h2-3,6-13,16-17H,4-5,14-15,18H2,1H3,(H,28,32)(H,29,33). The quantitative estimate of drug-likeness (QED) is 0.537. The van der Waals surface area contributed by atoms with Crippen molar-refractivity contribution in [1.29, 1.82) is 0 Å². The Morgan fingerprint density at radius 1 is 0.909 bits per heavy atom. The van der Waals surface area contributed by atoms with E-state index < -0.39 is 5.82 Å². The van der Waals surface area contributed by atoms with E-state index in [4.69, 9.17) is 0 Å². The second kappa shape index (κ2) is 10.2. The van der Waals surface area contributed by atoms with Crippen molar-refractivity contribution in [2.45, 2.75) is 19.4 Å². The summed E-state index contributed by atoms with van der Waals surface area (Å²) in [5, 5.41) is 5.51. The Hall–Kier alpha value is -3.87. The number of amides is 3. The van der Waals surface area contributed by atoms with Crippen LogP contribution < -0.4 is 15.5 Å². The summed E-state index contributed by atoms with van der Waals surface area (Å²) < 4.78 is 13.4. The molecular weight excluding hydrogens is 419 g/mol.